The Bertz CT molecular complexity index is 671. The van der Waals surface area contributed by atoms with Gasteiger partial charge in [-0.05, 0) is 30.4 Å². The molecule has 0 fully saturated rings. The van der Waals surface area contributed by atoms with Gasteiger partial charge in [0.15, 0.2) is 5.11 Å². The zero-order valence-electron chi connectivity index (χ0n) is 11.1. The molecule has 0 radical (unpaired) electrons. The molecule has 0 unspecified atom stereocenters. The lowest BCUT2D eigenvalue weighted by atomic mass is 10.2. The van der Waals surface area contributed by atoms with Gasteiger partial charge in [0, 0.05) is 18.0 Å². The van der Waals surface area contributed by atoms with Crippen molar-refractivity contribution in [3.05, 3.63) is 59.9 Å². The topological polar surface area (TPSA) is 49.3 Å². The van der Waals surface area contributed by atoms with E-state index >= 15 is 0 Å². The second-order valence-electron chi connectivity index (χ2n) is 4.15. The van der Waals surface area contributed by atoms with Crippen LogP contribution in [-0.2, 0) is 6.18 Å². The number of thiocarbonyl (C=S) groups is 1. The third kappa shape index (κ3) is 4.52. The highest BCUT2D eigenvalue weighted by atomic mass is 32.1. The maximum Gasteiger partial charge on any atom is 0.418 e. The summed E-state index contributed by atoms with van der Waals surface area (Å²) in [5, 5.41) is 6.26. The molecule has 4 nitrogen and oxygen atoms in total. The lowest BCUT2D eigenvalue weighted by Crippen LogP contribution is -2.25. The summed E-state index contributed by atoms with van der Waals surface area (Å²) in [6.07, 6.45) is 0.195. The van der Waals surface area contributed by atoms with E-state index < -0.39 is 11.7 Å². The standard InChI is InChI=1S/C14H11F3N4S/c15-14(16,17)11-5-1-2-6-12(11)20-13(22)21-19-9-10-4-3-7-18-8-10/h1-9H,(H2,20,21,22)/b19-9-. The molecule has 2 rings (SSSR count). The van der Waals surface area contributed by atoms with Gasteiger partial charge in [-0.1, -0.05) is 18.2 Å². The van der Waals surface area contributed by atoms with Crippen LogP contribution in [0.25, 0.3) is 0 Å². The summed E-state index contributed by atoms with van der Waals surface area (Å²) in [6.45, 7) is 0. The van der Waals surface area contributed by atoms with Gasteiger partial charge in [-0.15, -0.1) is 0 Å². The Morgan fingerprint density at radius 2 is 1.95 bits per heavy atom. The molecule has 1 aromatic heterocycles. The normalized spacial score (nSPS) is 11.4. The first-order valence-corrected chi connectivity index (χ1v) is 6.54. The fourth-order valence-corrected chi connectivity index (χ4v) is 1.77. The quantitative estimate of drug-likeness (QED) is 0.516. The molecule has 1 aromatic carbocycles. The summed E-state index contributed by atoms with van der Waals surface area (Å²) in [5.41, 5.74) is 2.25. The molecular weight excluding hydrogens is 313 g/mol. The number of benzene rings is 1. The van der Waals surface area contributed by atoms with E-state index in [1.807, 2.05) is 0 Å². The van der Waals surface area contributed by atoms with Crippen molar-refractivity contribution in [3.63, 3.8) is 0 Å². The van der Waals surface area contributed by atoms with Crippen LogP contribution in [0.5, 0.6) is 0 Å². The van der Waals surface area contributed by atoms with Crippen molar-refractivity contribution in [1.29, 1.82) is 0 Å². The molecule has 22 heavy (non-hydrogen) atoms. The van der Waals surface area contributed by atoms with Crippen molar-refractivity contribution in [3.8, 4) is 0 Å². The highest BCUT2D eigenvalue weighted by Gasteiger charge is 2.33. The Morgan fingerprint density at radius 3 is 2.64 bits per heavy atom. The van der Waals surface area contributed by atoms with Crippen LogP contribution in [0.3, 0.4) is 0 Å². The van der Waals surface area contributed by atoms with Gasteiger partial charge >= 0.3 is 6.18 Å². The Hall–Kier alpha value is -2.48. The van der Waals surface area contributed by atoms with Crippen LogP contribution in [0.2, 0.25) is 0 Å². The Kier molecular flexibility index (Phi) is 5.05. The first-order valence-electron chi connectivity index (χ1n) is 6.13. The Labute approximate surface area is 130 Å². The summed E-state index contributed by atoms with van der Waals surface area (Å²) in [4.78, 5) is 3.90. The number of para-hydroxylation sites is 1. The number of hydrogen-bond donors (Lipinski definition) is 2. The van der Waals surface area contributed by atoms with Gasteiger partial charge in [-0.3, -0.25) is 10.4 Å². The van der Waals surface area contributed by atoms with Gasteiger partial charge in [0.25, 0.3) is 0 Å². The molecule has 0 aliphatic rings. The lowest BCUT2D eigenvalue weighted by molar-refractivity contribution is -0.136. The molecule has 0 bridgehead atoms. The zero-order chi connectivity index (χ0) is 16.0. The van der Waals surface area contributed by atoms with E-state index in [-0.39, 0.29) is 10.8 Å². The molecule has 2 N–H and O–H groups in total. The van der Waals surface area contributed by atoms with Gasteiger partial charge in [0.1, 0.15) is 0 Å². The van der Waals surface area contributed by atoms with Crippen molar-refractivity contribution in [2.24, 2.45) is 5.10 Å². The molecule has 0 spiro atoms. The SMILES string of the molecule is FC(F)(F)c1ccccc1NC(=S)N/N=C\c1cccnc1. The number of nitrogens with one attached hydrogen (secondary N) is 2. The highest BCUT2D eigenvalue weighted by molar-refractivity contribution is 7.80. The predicted octanol–water partition coefficient (Wildman–Crippen LogP) is 3.42. The average molecular weight is 324 g/mol. The van der Waals surface area contributed by atoms with E-state index in [4.69, 9.17) is 12.2 Å². The van der Waals surface area contributed by atoms with E-state index in [0.717, 1.165) is 11.6 Å². The molecule has 0 saturated heterocycles. The van der Waals surface area contributed by atoms with Crippen LogP contribution in [-0.4, -0.2) is 16.3 Å². The number of aromatic nitrogens is 1. The minimum absolute atomic E-state index is 0.0446. The third-order valence-electron chi connectivity index (χ3n) is 2.54. The zero-order valence-corrected chi connectivity index (χ0v) is 11.9. The first-order chi connectivity index (χ1) is 10.5. The number of pyridine rings is 1. The lowest BCUT2D eigenvalue weighted by Gasteiger charge is -2.14. The van der Waals surface area contributed by atoms with E-state index in [9.17, 15) is 13.2 Å². The average Bonchev–Trinajstić information content (AvgIpc) is 2.48. The van der Waals surface area contributed by atoms with Crippen molar-refractivity contribution in [1.82, 2.24) is 10.4 Å². The number of rotatable bonds is 3. The van der Waals surface area contributed by atoms with Gasteiger partial charge in [0.2, 0.25) is 0 Å². The van der Waals surface area contributed by atoms with E-state index in [2.05, 4.69) is 20.8 Å². The smallest absolute Gasteiger partial charge is 0.331 e. The molecule has 1 heterocycles. The summed E-state index contributed by atoms with van der Waals surface area (Å²) in [5.74, 6) is 0. The van der Waals surface area contributed by atoms with Crippen molar-refractivity contribution in [2.45, 2.75) is 6.18 Å². The number of hydrogen-bond acceptors (Lipinski definition) is 3. The fraction of sp³-hybridized carbons (Fsp3) is 0.0714. The maximum absolute atomic E-state index is 12.8. The van der Waals surface area contributed by atoms with Gasteiger partial charge in [-0.25, -0.2) is 0 Å². The summed E-state index contributed by atoms with van der Waals surface area (Å²) in [7, 11) is 0. The maximum atomic E-state index is 12.8. The van der Waals surface area contributed by atoms with Crippen molar-refractivity contribution < 1.29 is 13.2 Å². The van der Waals surface area contributed by atoms with E-state index in [1.165, 1.54) is 24.4 Å². The van der Waals surface area contributed by atoms with Crippen LogP contribution in [0.1, 0.15) is 11.1 Å². The van der Waals surface area contributed by atoms with Crippen molar-refractivity contribution in [2.75, 3.05) is 5.32 Å². The second kappa shape index (κ2) is 6.99. The van der Waals surface area contributed by atoms with Crippen LogP contribution in [0, 0.1) is 0 Å². The van der Waals surface area contributed by atoms with Gasteiger partial charge in [0.05, 0.1) is 17.5 Å². The highest BCUT2D eigenvalue weighted by Crippen LogP contribution is 2.34. The minimum atomic E-state index is -4.46. The van der Waals surface area contributed by atoms with Crippen LogP contribution in [0.4, 0.5) is 18.9 Å². The third-order valence-corrected chi connectivity index (χ3v) is 2.74. The predicted molar refractivity (Wildman–Crippen MR) is 82.6 cm³/mol. The van der Waals surface area contributed by atoms with Gasteiger partial charge in [-0.2, -0.15) is 18.3 Å². The molecule has 0 aliphatic carbocycles. The number of anilines is 1. The molecule has 0 saturated carbocycles. The van der Waals surface area contributed by atoms with Crippen LogP contribution >= 0.6 is 12.2 Å². The van der Waals surface area contributed by atoms with E-state index in [0.29, 0.717) is 0 Å². The molecule has 2 aromatic rings. The van der Waals surface area contributed by atoms with E-state index in [1.54, 1.807) is 24.5 Å². The second-order valence-corrected chi connectivity index (χ2v) is 4.56. The number of hydrazone groups is 1. The number of nitrogens with zero attached hydrogens (tertiary/aromatic N) is 2. The molecule has 0 atom stereocenters. The number of halogens is 3. The van der Waals surface area contributed by atoms with Crippen LogP contribution < -0.4 is 10.7 Å². The first kappa shape index (κ1) is 15.9. The summed E-state index contributed by atoms with van der Waals surface area (Å²) in [6, 6.07) is 8.57. The Morgan fingerprint density at radius 1 is 1.18 bits per heavy atom. The van der Waals surface area contributed by atoms with Crippen molar-refractivity contribution >= 4 is 29.2 Å². The molecule has 114 valence electrons. The molecule has 0 aliphatic heterocycles. The molecule has 0 amide bonds. The summed E-state index contributed by atoms with van der Waals surface area (Å²) < 4.78 is 38.5. The fourth-order valence-electron chi connectivity index (χ4n) is 1.61. The summed E-state index contributed by atoms with van der Waals surface area (Å²) >= 11 is 4.91. The Balaban J connectivity index is 2.00. The minimum Gasteiger partial charge on any atom is -0.331 e. The molecule has 8 heteroatoms. The number of alkyl halides is 3. The van der Waals surface area contributed by atoms with Gasteiger partial charge < -0.3 is 5.32 Å². The largest absolute Gasteiger partial charge is 0.418 e. The monoisotopic (exact) mass is 324 g/mol. The molecular formula is C14H11F3N4S. The van der Waals surface area contributed by atoms with Crippen LogP contribution in [0.15, 0.2) is 53.9 Å².